The molecule has 6 nitrogen and oxygen atoms in total. The number of unbranched alkanes of at least 4 members (excludes halogenated alkanes) is 1. The highest BCUT2D eigenvalue weighted by Crippen LogP contribution is 2.49. The normalized spacial score (nSPS) is 26.2. The van der Waals surface area contributed by atoms with Crippen LogP contribution in [0.15, 0.2) is 60.5 Å². The Labute approximate surface area is 191 Å². The summed E-state index contributed by atoms with van der Waals surface area (Å²) in [5.41, 5.74) is -0.490. The fraction of sp³-hybridized carbons (Fsp3) is 0.520. The third-order valence-corrected chi connectivity index (χ3v) is 8.81. The van der Waals surface area contributed by atoms with E-state index in [2.05, 4.69) is 18.5 Å². The molecule has 7 heteroatoms. The van der Waals surface area contributed by atoms with Crippen LogP contribution in [0, 0.1) is 11.3 Å². The van der Waals surface area contributed by atoms with E-state index >= 15 is 0 Å². The van der Waals surface area contributed by atoms with Crippen LogP contribution in [0.3, 0.4) is 0 Å². The molecular formula is C25H34N2O4S. The molecule has 0 spiro atoms. The second kappa shape index (κ2) is 10.6. The van der Waals surface area contributed by atoms with Crippen molar-refractivity contribution in [3.05, 3.63) is 55.6 Å². The van der Waals surface area contributed by atoms with Crippen LogP contribution in [-0.4, -0.2) is 43.5 Å². The van der Waals surface area contributed by atoms with Crippen molar-refractivity contribution in [2.75, 3.05) is 13.1 Å². The second-order valence-corrected chi connectivity index (χ2v) is 10.9. The Morgan fingerprint density at radius 1 is 1.16 bits per heavy atom. The minimum atomic E-state index is -3.66. The molecule has 32 heavy (non-hydrogen) atoms. The van der Waals surface area contributed by atoms with Crippen molar-refractivity contribution in [2.45, 2.75) is 62.3 Å². The lowest BCUT2D eigenvalue weighted by molar-refractivity contribution is -0.133. The van der Waals surface area contributed by atoms with Gasteiger partial charge < -0.3 is 5.32 Å². The zero-order valence-corrected chi connectivity index (χ0v) is 19.5. The van der Waals surface area contributed by atoms with Gasteiger partial charge in [0.2, 0.25) is 15.9 Å². The zero-order valence-electron chi connectivity index (χ0n) is 18.7. The first-order chi connectivity index (χ1) is 15.3. The van der Waals surface area contributed by atoms with Crippen LogP contribution in [0.5, 0.6) is 0 Å². The number of Topliss-reactive ketones (excluding diaryl/α,β-unsaturated/α-hetero) is 1. The number of carbonyl (C=O) groups excluding carboxylic acids is 2. The summed E-state index contributed by atoms with van der Waals surface area (Å²) in [6.45, 7) is 8.22. The van der Waals surface area contributed by atoms with Crippen LogP contribution in [0.2, 0.25) is 0 Å². The number of sulfonamides is 1. The molecule has 0 unspecified atom stereocenters. The molecular weight excluding hydrogens is 424 g/mol. The summed E-state index contributed by atoms with van der Waals surface area (Å²) in [7, 11) is -3.66. The average Bonchev–Trinajstić information content (AvgIpc) is 2.78. The predicted octanol–water partition coefficient (Wildman–Crippen LogP) is 3.85. The summed E-state index contributed by atoms with van der Waals surface area (Å²) in [6, 6.07) is 8.08. The van der Waals surface area contributed by atoms with Gasteiger partial charge in [-0.15, -0.1) is 13.2 Å². The van der Waals surface area contributed by atoms with E-state index in [1.807, 2.05) is 6.08 Å². The van der Waals surface area contributed by atoms with Gasteiger partial charge in [-0.05, 0) is 50.2 Å². The molecule has 3 atom stereocenters. The fourth-order valence-corrected chi connectivity index (χ4v) is 6.81. The molecule has 1 N–H and O–H groups in total. The monoisotopic (exact) mass is 458 g/mol. The first-order valence-corrected chi connectivity index (χ1v) is 12.9. The van der Waals surface area contributed by atoms with Gasteiger partial charge in [0.15, 0.2) is 0 Å². The Morgan fingerprint density at radius 3 is 2.56 bits per heavy atom. The summed E-state index contributed by atoms with van der Waals surface area (Å²) in [4.78, 5) is 25.5. The number of carbonyl (C=O) groups is 2. The van der Waals surface area contributed by atoms with Crippen LogP contribution in [-0.2, 0) is 19.6 Å². The smallest absolute Gasteiger partial charge is 0.243 e. The molecule has 1 aromatic carbocycles. The van der Waals surface area contributed by atoms with Gasteiger partial charge in [0.25, 0.3) is 0 Å². The predicted molar refractivity (Wildman–Crippen MR) is 125 cm³/mol. The summed E-state index contributed by atoms with van der Waals surface area (Å²) in [6.07, 6.45) is 8.13. The molecule has 1 aliphatic carbocycles. The molecule has 1 heterocycles. The van der Waals surface area contributed by atoms with Crippen LogP contribution in [0.25, 0.3) is 0 Å². The molecule has 0 aromatic heterocycles. The maximum atomic E-state index is 13.4. The first kappa shape index (κ1) is 24.4. The van der Waals surface area contributed by atoms with E-state index in [1.54, 1.807) is 40.7 Å². The number of hydrogen-bond acceptors (Lipinski definition) is 4. The van der Waals surface area contributed by atoms with E-state index in [4.69, 9.17) is 0 Å². The van der Waals surface area contributed by atoms with Gasteiger partial charge in [0, 0.05) is 43.8 Å². The molecule has 1 amide bonds. The van der Waals surface area contributed by atoms with Crippen LogP contribution < -0.4 is 5.32 Å². The number of piperidine rings is 1. The van der Waals surface area contributed by atoms with E-state index in [0.717, 1.165) is 6.42 Å². The van der Waals surface area contributed by atoms with E-state index in [-0.39, 0.29) is 35.0 Å². The number of nitrogens with zero attached hydrogens (tertiary/aromatic N) is 1. The summed E-state index contributed by atoms with van der Waals surface area (Å²) in [5, 5.41) is 3.12. The van der Waals surface area contributed by atoms with Gasteiger partial charge >= 0.3 is 0 Å². The third kappa shape index (κ3) is 5.21. The molecule has 1 saturated carbocycles. The summed E-state index contributed by atoms with van der Waals surface area (Å²) < 4.78 is 28.3. The van der Waals surface area contributed by atoms with E-state index in [1.165, 1.54) is 0 Å². The van der Waals surface area contributed by atoms with Crippen LogP contribution in [0.4, 0.5) is 0 Å². The van der Waals surface area contributed by atoms with Crippen molar-refractivity contribution in [3.63, 3.8) is 0 Å². The highest BCUT2D eigenvalue weighted by molar-refractivity contribution is 7.89. The van der Waals surface area contributed by atoms with Crippen molar-refractivity contribution in [2.24, 2.45) is 11.3 Å². The molecule has 1 aliphatic heterocycles. The Kier molecular flexibility index (Phi) is 8.06. The molecule has 1 aromatic rings. The number of benzene rings is 1. The lowest BCUT2D eigenvalue weighted by Gasteiger charge is -2.54. The molecule has 2 aliphatic rings. The largest absolute Gasteiger partial charge is 0.352 e. The first-order valence-electron chi connectivity index (χ1n) is 11.4. The van der Waals surface area contributed by atoms with E-state index in [9.17, 15) is 18.0 Å². The minimum Gasteiger partial charge on any atom is -0.352 e. The van der Waals surface area contributed by atoms with Gasteiger partial charge in [0.1, 0.15) is 5.78 Å². The van der Waals surface area contributed by atoms with Crippen LogP contribution in [0.1, 0.15) is 51.4 Å². The van der Waals surface area contributed by atoms with E-state index < -0.39 is 15.4 Å². The SMILES string of the molecule is C=CCCCC(=O)N[C@H]1CC(=O)C[C@@H]2CCN(S(=O)(=O)c3ccccc3)C[C@@]21CCC=C. The summed E-state index contributed by atoms with van der Waals surface area (Å²) in [5.74, 6) is 0.0932. The van der Waals surface area contributed by atoms with Gasteiger partial charge in [0.05, 0.1) is 4.90 Å². The fourth-order valence-electron chi connectivity index (χ4n) is 5.26. The number of nitrogens with one attached hydrogen (secondary N) is 1. The number of fused-ring (bicyclic) bond motifs is 1. The maximum absolute atomic E-state index is 13.4. The third-order valence-electron chi connectivity index (χ3n) is 6.95. The van der Waals surface area contributed by atoms with Crippen molar-refractivity contribution in [1.29, 1.82) is 0 Å². The van der Waals surface area contributed by atoms with Crippen molar-refractivity contribution >= 4 is 21.7 Å². The minimum absolute atomic E-state index is 0.0457. The number of allylic oxidation sites excluding steroid dienone is 2. The maximum Gasteiger partial charge on any atom is 0.243 e. The van der Waals surface area contributed by atoms with Gasteiger partial charge in [-0.1, -0.05) is 30.4 Å². The number of ketones is 1. The Balaban J connectivity index is 1.91. The summed E-state index contributed by atoms with van der Waals surface area (Å²) >= 11 is 0. The second-order valence-electron chi connectivity index (χ2n) is 8.95. The van der Waals surface area contributed by atoms with Gasteiger partial charge in [-0.2, -0.15) is 4.31 Å². The Hall–Kier alpha value is -2.25. The van der Waals surface area contributed by atoms with Crippen molar-refractivity contribution in [3.8, 4) is 0 Å². The molecule has 3 rings (SSSR count). The Bertz CT molecular complexity index is 944. The number of rotatable bonds is 10. The number of amides is 1. The average molecular weight is 459 g/mol. The zero-order chi connectivity index (χ0) is 23.2. The van der Waals surface area contributed by atoms with Gasteiger partial charge in [-0.3, -0.25) is 9.59 Å². The highest BCUT2D eigenvalue weighted by Gasteiger charge is 2.54. The highest BCUT2D eigenvalue weighted by atomic mass is 32.2. The molecule has 0 radical (unpaired) electrons. The quantitative estimate of drug-likeness (QED) is 0.426. The van der Waals surface area contributed by atoms with E-state index in [0.29, 0.717) is 51.6 Å². The molecule has 1 saturated heterocycles. The van der Waals surface area contributed by atoms with Crippen LogP contribution >= 0.6 is 0 Å². The molecule has 0 bridgehead atoms. The topological polar surface area (TPSA) is 83.6 Å². The van der Waals surface area contributed by atoms with Crippen molar-refractivity contribution < 1.29 is 18.0 Å². The molecule has 174 valence electrons. The molecule has 2 fully saturated rings. The standard InChI is InChI=1S/C25H34N2O4S/c1-3-5-8-13-24(29)26-23-18-21(28)17-20-14-16-27(19-25(20,23)15-6-4-2)32(30,31)22-11-9-7-10-12-22/h3-4,7,9-12,20,23H,1-2,5-6,8,13-19H2,(H,26,29)/t20-,23-,25-/m0/s1. The van der Waals surface area contributed by atoms with Crippen molar-refractivity contribution in [1.82, 2.24) is 9.62 Å². The lowest BCUT2D eigenvalue weighted by Crippen LogP contribution is -2.63. The lowest BCUT2D eigenvalue weighted by atomic mass is 9.58. The Morgan fingerprint density at radius 2 is 1.88 bits per heavy atom. The number of hydrogen-bond donors (Lipinski definition) is 1. The van der Waals surface area contributed by atoms with Gasteiger partial charge in [-0.25, -0.2) is 8.42 Å².